The van der Waals surface area contributed by atoms with Gasteiger partial charge in [0.1, 0.15) is 6.26 Å². The van der Waals surface area contributed by atoms with E-state index in [1.54, 1.807) is 11.0 Å². The summed E-state index contributed by atoms with van der Waals surface area (Å²) in [6, 6.07) is 9.25. The number of likely N-dealkylation sites (tertiary alicyclic amines) is 1. The second-order valence-electron chi connectivity index (χ2n) is 7.12. The molecule has 2 aromatic rings. The fourth-order valence-corrected chi connectivity index (χ4v) is 3.39. The Morgan fingerprint density at radius 3 is 2.36 bits per heavy atom. The lowest BCUT2D eigenvalue weighted by molar-refractivity contribution is -0.122. The number of furan rings is 1. The quantitative estimate of drug-likeness (QED) is 0.746. The summed E-state index contributed by atoms with van der Waals surface area (Å²) in [5.41, 5.74) is 2.39. The van der Waals surface area contributed by atoms with Crippen molar-refractivity contribution < 1.29 is 18.8 Å². The first-order valence-corrected chi connectivity index (χ1v) is 9.79. The van der Waals surface area contributed by atoms with E-state index in [0.29, 0.717) is 37.1 Å². The first-order valence-electron chi connectivity index (χ1n) is 9.79. The van der Waals surface area contributed by atoms with Gasteiger partial charge in [0.15, 0.2) is 5.78 Å². The fraction of sp³-hybridized carbons (Fsp3) is 0.409. The highest BCUT2D eigenvalue weighted by Crippen LogP contribution is 2.15. The van der Waals surface area contributed by atoms with E-state index in [-0.39, 0.29) is 36.5 Å². The summed E-state index contributed by atoms with van der Waals surface area (Å²) < 4.78 is 4.96. The maximum absolute atomic E-state index is 12.3. The molecule has 0 aliphatic carbocycles. The van der Waals surface area contributed by atoms with Gasteiger partial charge in [0, 0.05) is 37.5 Å². The van der Waals surface area contributed by atoms with Crippen molar-refractivity contribution >= 4 is 17.6 Å². The molecule has 2 heterocycles. The number of carbonyl (C=O) groups excluding carboxylic acids is 3. The molecular formula is C22H26N2O4. The van der Waals surface area contributed by atoms with Crippen LogP contribution in [0.15, 0.2) is 47.3 Å². The SMILES string of the molecule is CCc1ccc(C(=O)CCC(=O)NC2CCN(C(=O)c3ccoc3)CC2)cc1. The third kappa shape index (κ3) is 5.09. The van der Waals surface area contributed by atoms with Gasteiger partial charge in [-0.2, -0.15) is 0 Å². The molecule has 0 unspecified atom stereocenters. The van der Waals surface area contributed by atoms with Crippen molar-refractivity contribution in [3.63, 3.8) is 0 Å². The molecule has 0 saturated carbocycles. The normalized spacial score (nSPS) is 14.7. The highest BCUT2D eigenvalue weighted by Gasteiger charge is 2.25. The fourth-order valence-electron chi connectivity index (χ4n) is 3.39. The highest BCUT2D eigenvalue weighted by molar-refractivity contribution is 5.98. The predicted octanol–water partition coefficient (Wildman–Crippen LogP) is 3.23. The van der Waals surface area contributed by atoms with Crippen molar-refractivity contribution in [3.05, 3.63) is 59.5 Å². The lowest BCUT2D eigenvalue weighted by Gasteiger charge is -2.32. The molecule has 2 amide bonds. The first-order chi connectivity index (χ1) is 13.6. The van der Waals surface area contributed by atoms with Crippen molar-refractivity contribution in [3.8, 4) is 0 Å². The van der Waals surface area contributed by atoms with Crippen molar-refractivity contribution in [2.24, 2.45) is 0 Å². The zero-order chi connectivity index (χ0) is 19.9. The van der Waals surface area contributed by atoms with Crippen LogP contribution in [0, 0.1) is 0 Å². The molecule has 1 saturated heterocycles. The van der Waals surface area contributed by atoms with E-state index in [9.17, 15) is 14.4 Å². The molecule has 0 atom stereocenters. The van der Waals surface area contributed by atoms with E-state index in [2.05, 4.69) is 12.2 Å². The number of aryl methyl sites for hydroxylation is 1. The van der Waals surface area contributed by atoms with E-state index in [1.807, 2.05) is 24.3 Å². The Bertz CT molecular complexity index is 804. The summed E-state index contributed by atoms with van der Waals surface area (Å²) in [6.45, 7) is 3.26. The number of Topliss-reactive ketones (excluding diaryl/α,β-unsaturated/α-hetero) is 1. The Hall–Kier alpha value is -2.89. The lowest BCUT2D eigenvalue weighted by Crippen LogP contribution is -2.46. The van der Waals surface area contributed by atoms with Crippen molar-refractivity contribution in [2.75, 3.05) is 13.1 Å². The minimum atomic E-state index is -0.113. The molecule has 28 heavy (non-hydrogen) atoms. The monoisotopic (exact) mass is 382 g/mol. The second-order valence-corrected chi connectivity index (χ2v) is 7.12. The maximum atomic E-state index is 12.3. The number of nitrogens with zero attached hydrogens (tertiary/aromatic N) is 1. The smallest absolute Gasteiger partial charge is 0.257 e. The number of rotatable bonds is 7. The molecule has 148 valence electrons. The molecule has 3 rings (SSSR count). The van der Waals surface area contributed by atoms with Crippen LogP contribution >= 0.6 is 0 Å². The third-order valence-electron chi connectivity index (χ3n) is 5.18. The Morgan fingerprint density at radius 1 is 1.04 bits per heavy atom. The molecule has 6 heteroatoms. The highest BCUT2D eigenvalue weighted by atomic mass is 16.3. The Morgan fingerprint density at radius 2 is 1.75 bits per heavy atom. The van der Waals surface area contributed by atoms with Crippen LogP contribution < -0.4 is 5.32 Å². The summed E-state index contributed by atoms with van der Waals surface area (Å²) >= 11 is 0. The van der Waals surface area contributed by atoms with Gasteiger partial charge in [0.05, 0.1) is 11.8 Å². The standard InChI is InChI=1S/C22H26N2O4/c1-2-16-3-5-17(6-4-16)20(25)7-8-21(26)23-19-9-12-24(13-10-19)22(27)18-11-14-28-15-18/h3-6,11,14-15,19H,2,7-10,12-13H2,1H3,(H,23,26). The first kappa shape index (κ1) is 19.9. The van der Waals surface area contributed by atoms with Gasteiger partial charge in [0.2, 0.25) is 5.91 Å². The maximum Gasteiger partial charge on any atom is 0.257 e. The molecule has 6 nitrogen and oxygen atoms in total. The number of amides is 2. The van der Waals surface area contributed by atoms with E-state index >= 15 is 0 Å². The third-order valence-corrected chi connectivity index (χ3v) is 5.18. The summed E-state index contributed by atoms with van der Waals surface area (Å²) in [6.07, 6.45) is 5.67. The number of nitrogens with one attached hydrogen (secondary N) is 1. The topological polar surface area (TPSA) is 79.6 Å². The van der Waals surface area contributed by atoms with E-state index < -0.39 is 0 Å². The number of carbonyl (C=O) groups is 3. The summed E-state index contributed by atoms with van der Waals surface area (Å²) in [7, 11) is 0. The van der Waals surface area contributed by atoms with Gasteiger partial charge in [-0.1, -0.05) is 31.2 Å². The van der Waals surface area contributed by atoms with Crippen LogP contribution in [0.2, 0.25) is 0 Å². The minimum absolute atomic E-state index is 0.0154. The number of hydrogen-bond acceptors (Lipinski definition) is 4. The molecular weight excluding hydrogens is 356 g/mol. The largest absolute Gasteiger partial charge is 0.472 e. The van der Waals surface area contributed by atoms with Crippen LogP contribution in [0.4, 0.5) is 0 Å². The Labute approximate surface area is 164 Å². The lowest BCUT2D eigenvalue weighted by atomic mass is 10.0. The summed E-state index contributed by atoms with van der Waals surface area (Å²) in [5.74, 6) is -0.172. The molecule has 0 radical (unpaired) electrons. The van der Waals surface area contributed by atoms with E-state index in [0.717, 1.165) is 6.42 Å². The predicted molar refractivity (Wildman–Crippen MR) is 105 cm³/mol. The number of piperidine rings is 1. The molecule has 1 aliphatic rings. The molecule has 1 N–H and O–H groups in total. The van der Waals surface area contributed by atoms with Gasteiger partial charge >= 0.3 is 0 Å². The number of hydrogen-bond donors (Lipinski definition) is 1. The van der Waals surface area contributed by atoms with Gasteiger partial charge in [-0.15, -0.1) is 0 Å². The van der Waals surface area contributed by atoms with E-state index in [1.165, 1.54) is 18.1 Å². The zero-order valence-corrected chi connectivity index (χ0v) is 16.1. The number of benzene rings is 1. The summed E-state index contributed by atoms with van der Waals surface area (Å²) in [5, 5.41) is 2.99. The Kier molecular flexibility index (Phi) is 6.63. The minimum Gasteiger partial charge on any atom is -0.472 e. The van der Waals surface area contributed by atoms with Gasteiger partial charge < -0.3 is 14.6 Å². The van der Waals surface area contributed by atoms with Crippen molar-refractivity contribution in [1.29, 1.82) is 0 Å². The molecule has 1 fully saturated rings. The Balaban J connectivity index is 1.39. The van der Waals surface area contributed by atoms with Gasteiger partial charge in [-0.05, 0) is 30.9 Å². The van der Waals surface area contributed by atoms with Crippen LogP contribution in [-0.4, -0.2) is 41.6 Å². The van der Waals surface area contributed by atoms with E-state index in [4.69, 9.17) is 4.42 Å². The average Bonchev–Trinajstić information content (AvgIpc) is 3.27. The van der Waals surface area contributed by atoms with Crippen molar-refractivity contribution in [2.45, 2.75) is 45.1 Å². The molecule has 1 aromatic heterocycles. The number of ketones is 1. The molecule has 0 spiro atoms. The molecule has 0 bridgehead atoms. The second kappa shape index (κ2) is 9.35. The van der Waals surface area contributed by atoms with Crippen LogP contribution in [0.1, 0.15) is 58.9 Å². The van der Waals surface area contributed by atoms with Gasteiger partial charge in [-0.3, -0.25) is 14.4 Å². The average molecular weight is 382 g/mol. The summed E-state index contributed by atoms with van der Waals surface area (Å²) in [4.78, 5) is 38.5. The van der Waals surface area contributed by atoms with Gasteiger partial charge in [-0.25, -0.2) is 0 Å². The molecule has 1 aliphatic heterocycles. The van der Waals surface area contributed by atoms with Crippen molar-refractivity contribution in [1.82, 2.24) is 10.2 Å². The van der Waals surface area contributed by atoms with Crippen LogP contribution in [0.25, 0.3) is 0 Å². The van der Waals surface area contributed by atoms with Gasteiger partial charge in [0.25, 0.3) is 5.91 Å². The van der Waals surface area contributed by atoms with Crippen LogP contribution in [-0.2, 0) is 11.2 Å². The zero-order valence-electron chi connectivity index (χ0n) is 16.1. The van der Waals surface area contributed by atoms with Crippen LogP contribution in [0.3, 0.4) is 0 Å². The molecule has 1 aromatic carbocycles. The van der Waals surface area contributed by atoms with Crippen LogP contribution in [0.5, 0.6) is 0 Å².